The Hall–Kier alpha value is -1.84. The number of piperidine rings is 1. The zero-order chi connectivity index (χ0) is 31.8. The molecule has 1 saturated heterocycles. The van der Waals surface area contributed by atoms with Gasteiger partial charge in [-0.15, -0.1) is 0 Å². The summed E-state index contributed by atoms with van der Waals surface area (Å²) in [5.41, 5.74) is -4.97. The maximum atomic E-state index is 8.89. The van der Waals surface area contributed by atoms with Crippen molar-refractivity contribution in [3.05, 3.63) is 66.1 Å². The van der Waals surface area contributed by atoms with Crippen LogP contribution < -0.4 is 5.32 Å². The average Bonchev–Trinajstić information content (AvgIpc) is 2.82. The van der Waals surface area contributed by atoms with Crippen LogP contribution in [0.1, 0.15) is 43.0 Å². The van der Waals surface area contributed by atoms with E-state index in [-0.39, 0.29) is 10.5 Å². The van der Waals surface area contributed by atoms with E-state index in [1.165, 1.54) is 24.3 Å². The van der Waals surface area contributed by atoms with Gasteiger partial charge in [0.1, 0.15) is 0 Å². The Bertz CT molecular complexity index is 1250. The van der Waals surface area contributed by atoms with Crippen molar-refractivity contribution >= 4 is 5.69 Å². The van der Waals surface area contributed by atoms with E-state index in [4.69, 9.17) is 24.7 Å². The average molecular weight is 329 g/mol. The van der Waals surface area contributed by atoms with E-state index in [1.807, 2.05) is 5.32 Å². The number of benzene rings is 2. The third-order valence-electron chi connectivity index (χ3n) is 2.96. The van der Waals surface area contributed by atoms with Crippen LogP contribution in [0.4, 0.5) is 5.69 Å². The van der Waals surface area contributed by atoms with Gasteiger partial charge in [-0.3, -0.25) is 4.90 Å². The Morgan fingerprint density at radius 2 is 2.00 bits per heavy atom. The standard InChI is InChI=1S/C20H26N2O/c1-23-17-20(21-19-10-6-3-7-11-19)12-14-22(15-13-20)16-18-8-4-2-5-9-18/h2-11,21H,12-17H2,1H3/i1D3,3D,6D,7D,10D,11D,12D2,13D2,14D2,15D2,17D2. The molecule has 2 aromatic rings. The van der Waals surface area contributed by atoms with Crippen LogP contribution in [0.2, 0.25) is 0 Å². The number of methoxy groups -OCH3 is 1. The molecule has 1 fully saturated rings. The van der Waals surface area contributed by atoms with Crippen LogP contribution in [-0.4, -0.2) is 37.0 Å². The molecule has 1 N–H and O–H groups in total. The van der Waals surface area contributed by atoms with Crippen molar-refractivity contribution in [2.75, 3.05) is 31.9 Å². The van der Waals surface area contributed by atoms with E-state index in [9.17, 15) is 0 Å². The fourth-order valence-electron chi connectivity index (χ4n) is 1.92. The lowest BCUT2D eigenvalue weighted by molar-refractivity contribution is 0.0860. The second kappa shape index (κ2) is 7.62. The van der Waals surface area contributed by atoms with Crippen LogP contribution in [0.25, 0.3) is 0 Å². The molecule has 1 heterocycles. The Balaban J connectivity index is 2.47. The molecule has 1 aliphatic heterocycles. The quantitative estimate of drug-likeness (QED) is 0.873. The Morgan fingerprint density at radius 3 is 2.70 bits per heavy atom. The number of anilines is 1. The fraction of sp³-hybridized carbons (Fsp3) is 0.400. The third-order valence-corrected chi connectivity index (χ3v) is 2.96. The van der Waals surface area contributed by atoms with E-state index in [0.29, 0.717) is 0 Å². The molecule has 0 amide bonds. The van der Waals surface area contributed by atoms with Crippen molar-refractivity contribution in [2.24, 2.45) is 0 Å². The maximum absolute atomic E-state index is 8.89. The van der Waals surface area contributed by atoms with Gasteiger partial charge in [0.2, 0.25) is 0 Å². The summed E-state index contributed by atoms with van der Waals surface area (Å²) in [5, 5.41) is 1.87. The van der Waals surface area contributed by atoms with Gasteiger partial charge in [0, 0.05) is 43.2 Å². The third kappa shape index (κ3) is 4.34. The zero-order valence-corrected chi connectivity index (χ0v) is 11.9. The molecule has 0 atom stereocenters. The molecular formula is C20H26N2O. The molecule has 1 aliphatic rings. The number of nitrogens with zero attached hydrogens (tertiary/aromatic N) is 1. The normalized spacial score (nSPS) is 39.1. The lowest BCUT2D eigenvalue weighted by Gasteiger charge is -2.42. The maximum Gasteiger partial charge on any atom is 0.0693 e. The van der Waals surface area contributed by atoms with Gasteiger partial charge in [0.05, 0.1) is 25.8 Å². The number of para-hydroxylation sites is 1. The van der Waals surface area contributed by atoms with Gasteiger partial charge in [-0.05, 0) is 30.4 Å². The van der Waals surface area contributed by atoms with Gasteiger partial charge >= 0.3 is 0 Å². The minimum Gasteiger partial charge on any atom is -0.382 e. The molecule has 23 heavy (non-hydrogen) atoms. The van der Waals surface area contributed by atoms with Gasteiger partial charge in [-0.1, -0.05) is 48.5 Å². The summed E-state index contributed by atoms with van der Waals surface area (Å²) in [7, 11) is -3.72. The van der Waals surface area contributed by atoms with Crippen molar-refractivity contribution < 1.29 is 29.4 Å². The Morgan fingerprint density at radius 1 is 1.26 bits per heavy atom. The smallest absolute Gasteiger partial charge is 0.0693 e. The van der Waals surface area contributed by atoms with Crippen LogP contribution in [0.15, 0.2) is 60.5 Å². The van der Waals surface area contributed by atoms with Gasteiger partial charge in [-0.2, -0.15) is 0 Å². The van der Waals surface area contributed by atoms with Crippen LogP contribution in [0, 0.1) is 0 Å². The summed E-state index contributed by atoms with van der Waals surface area (Å²) in [4.78, 5) is 0.183. The fourth-order valence-corrected chi connectivity index (χ4v) is 1.92. The van der Waals surface area contributed by atoms with Crippen molar-refractivity contribution in [1.82, 2.24) is 4.90 Å². The molecule has 3 rings (SSSR count). The van der Waals surface area contributed by atoms with Gasteiger partial charge in [0.25, 0.3) is 0 Å². The molecular weight excluding hydrogens is 284 g/mol. The molecule has 2 aromatic carbocycles. The van der Waals surface area contributed by atoms with Crippen LogP contribution >= 0.6 is 0 Å². The lowest BCUT2D eigenvalue weighted by Crippen LogP contribution is -2.51. The molecule has 0 saturated carbocycles. The van der Waals surface area contributed by atoms with Crippen molar-refractivity contribution in [3.8, 4) is 0 Å². The van der Waals surface area contributed by atoms with Gasteiger partial charge in [0.15, 0.2) is 0 Å². The van der Waals surface area contributed by atoms with E-state index in [2.05, 4.69) is 4.74 Å². The summed E-state index contributed by atoms with van der Waals surface area (Å²) in [6.07, 6.45) is -8.00. The van der Waals surface area contributed by atoms with Crippen molar-refractivity contribution in [2.45, 2.75) is 24.8 Å². The molecule has 0 spiro atoms. The summed E-state index contributed by atoms with van der Waals surface area (Å²) < 4.78 is 154. The number of likely N-dealkylation sites (tertiary alicyclic amines) is 1. The van der Waals surface area contributed by atoms with E-state index in [0.717, 1.165) is 0 Å². The Labute approximate surface area is 164 Å². The second-order valence-electron chi connectivity index (χ2n) is 4.62. The minimum atomic E-state index is -4.17. The lowest BCUT2D eigenvalue weighted by atomic mass is 9.87. The van der Waals surface area contributed by atoms with E-state index >= 15 is 0 Å². The van der Waals surface area contributed by atoms with Crippen LogP contribution in [0.3, 0.4) is 0 Å². The molecule has 0 unspecified atom stereocenters. The molecule has 122 valence electrons. The molecule has 0 aliphatic carbocycles. The second-order valence-corrected chi connectivity index (χ2v) is 4.62. The number of nitrogens with one attached hydrogen (secondary N) is 1. The topological polar surface area (TPSA) is 24.5 Å². The number of ether oxygens (including phenoxy) is 1. The van der Waals surface area contributed by atoms with Gasteiger partial charge in [-0.25, -0.2) is 0 Å². The highest BCUT2D eigenvalue weighted by Gasteiger charge is 2.34. The minimum absolute atomic E-state index is 0.183. The number of hydrogen-bond acceptors (Lipinski definition) is 3. The molecule has 0 radical (unpaired) electrons. The highest BCUT2D eigenvalue weighted by Crippen LogP contribution is 2.28. The van der Waals surface area contributed by atoms with Crippen LogP contribution in [-0.2, 0) is 11.3 Å². The largest absolute Gasteiger partial charge is 0.382 e. The highest BCUT2D eigenvalue weighted by molar-refractivity contribution is 5.45. The predicted octanol–water partition coefficient (Wildman–Crippen LogP) is 3.78. The van der Waals surface area contributed by atoms with E-state index < -0.39 is 87.3 Å². The number of hydrogen-bond donors (Lipinski definition) is 1. The molecule has 3 nitrogen and oxygen atoms in total. The summed E-state index contributed by atoms with van der Waals surface area (Å²) in [6.45, 7) is -12.2. The van der Waals surface area contributed by atoms with Crippen molar-refractivity contribution in [1.29, 1.82) is 0 Å². The summed E-state index contributed by atoms with van der Waals surface area (Å²) >= 11 is 0. The summed E-state index contributed by atoms with van der Waals surface area (Å²) in [6, 6.07) is 2.28. The predicted molar refractivity (Wildman–Crippen MR) is 95.6 cm³/mol. The monoisotopic (exact) mass is 328 g/mol. The first-order valence-electron chi connectivity index (χ1n) is 15.7. The van der Waals surface area contributed by atoms with E-state index in [1.54, 1.807) is 6.07 Å². The molecule has 0 aromatic heterocycles. The first kappa shape index (κ1) is 5.08. The van der Waals surface area contributed by atoms with Gasteiger partial charge < -0.3 is 10.1 Å². The Kier molecular flexibility index (Phi) is 1.68. The number of rotatable bonds is 6. The first-order chi connectivity index (χ1) is 18.3. The van der Waals surface area contributed by atoms with Crippen LogP contribution in [0.5, 0.6) is 0 Å². The summed E-state index contributed by atoms with van der Waals surface area (Å²) in [5.74, 6) is 0. The van der Waals surface area contributed by atoms with Crippen molar-refractivity contribution in [3.63, 3.8) is 0 Å². The highest BCUT2D eigenvalue weighted by atomic mass is 16.5. The SMILES string of the molecule is [2H]c1c([2H])c([2H])c(NC2(C([2H])([2H])OC([2H])([2H])[2H])C([2H])([2H])C([2H])([2H])N(Cc3ccccc3)C([2H])([2H])C2([2H])[2H])c([2H])c1[2H]. The first-order valence-corrected chi connectivity index (χ1v) is 6.69. The molecule has 0 bridgehead atoms. The molecule has 3 heteroatoms. The zero-order valence-electron chi connectivity index (χ0n) is 29.9.